The Labute approximate surface area is 176 Å². The summed E-state index contributed by atoms with van der Waals surface area (Å²) < 4.78 is 20.7. The molecule has 0 bridgehead atoms. The smallest absolute Gasteiger partial charge is 0.341 e. The number of carbonyl (C=O) groups excluding carboxylic acids is 3. The molecule has 0 unspecified atom stereocenters. The van der Waals surface area contributed by atoms with Gasteiger partial charge in [-0.3, -0.25) is 4.79 Å². The quantitative estimate of drug-likeness (QED) is 0.420. The zero-order valence-electron chi connectivity index (χ0n) is 16.3. The first-order chi connectivity index (χ1) is 14.5. The van der Waals surface area contributed by atoms with Gasteiger partial charge in [0.15, 0.2) is 6.61 Å². The van der Waals surface area contributed by atoms with Crippen molar-refractivity contribution in [1.29, 1.82) is 0 Å². The Balaban J connectivity index is 1.64. The molecule has 0 aliphatic heterocycles. The van der Waals surface area contributed by atoms with Gasteiger partial charge >= 0.3 is 11.9 Å². The number of thiophene rings is 1. The lowest BCUT2D eigenvalue weighted by atomic mass is 10.1. The SMILES string of the molecule is CCOC(=O)c1c(-c2ccco2)csc1NC(=O)COC(=O)/C=C/c1ccc(C)o1. The lowest BCUT2D eigenvalue weighted by molar-refractivity contribution is -0.142. The second-order valence-corrected chi connectivity index (χ2v) is 6.87. The van der Waals surface area contributed by atoms with Gasteiger partial charge in [0.05, 0.1) is 12.9 Å². The molecule has 0 saturated carbocycles. The number of furan rings is 2. The molecule has 0 aliphatic rings. The first kappa shape index (κ1) is 21.1. The monoisotopic (exact) mass is 429 g/mol. The summed E-state index contributed by atoms with van der Waals surface area (Å²) in [4.78, 5) is 36.4. The van der Waals surface area contributed by atoms with Gasteiger partial charge in [-0.05, 0) is 44.2 Å². The van der Waals surface area contributed by atoms with E-state index in [9.17, 15) is 14.4 Å². The summed E-state index contributed by atoms with van der Waals surface area (Å²) in [6.45, 7) is 3.13. The van der Waals surface area contributed by atoms with E-state index in [1.54, 1.807) is 43.5 Å². The van der Waals surface area contributed by atoms with E-state index in [-0.39, 0.29) is 17.2 Å². The fraction of sp³-hybridized carbons (Fsp3) is 0.190. The zero-order valence-corrected chi connectivity index (χ0v) is 17.1. The number of hydrogen-bond donors (Lipinski definition) is 1. The largest absolute Gasteiger partial charge is 0.464 e. The minimum atomic E-state index is -0.702. The van der Waals surface area contributed by atoms with Crippen LogP contribution in [0.15, 0.2) is 50.8 Å². The summed E-state index contributed by atoms with van der Waals surface area (Å²) in [5.74, 6) is -0.202. The summed E-state index contributed by atoms with van der Waals surface area (Å²) in [5, 5.41) is 4.54. The second kappa shape index (κ2) is 9.75. The predicted octanol–water partition coefficient (Wildman–Crippen LogP) is 4.28. The van der Waals surface area contributed by atoms with Crippen LogP contribution in [0.5, 0.6) is 0 Å². The fourth-order valence-electron chi connectivity index (χ4n) is 2.51. The molecule has 3 rings (SSSR count). The summed E-state index contributed by atoms with van der Waals surface area (Å²) in [7, 11) is 0. The van der Waals surface area contributed by atoms with Crippen LogP contribution in [0.2, 0.25) is 0 Å². The van der Waals surface area contributed by atoms with Gasteiger partial charge in [0.25, 0.3) is 5.91 Å². The van der Waals surface area contributed by atoms with Crippen molar-refractivity contribution in [2.75, 3.05) is 18.5 Å². The van der Waals surface area contributed by atoms with Gasteiger partial charge in [-0.2, -0.15) is 0 Å². The van der Waals surface area contributed by atoms with Gasteiger partial charge in [0.2, 0.25) is 0 Å². The van der Waals surface area contributed by atoms with Crippen molar-refractivity contribution in [2.24, 2.45) is 0 Å². The molecular weight excluding hydrogens is 410 g/mol. The topological polar surface area (TPSA) is 108 Å². The predicted molar refractivity (Wildman–Crippen MR) is 110 cm³/mol. The van der Waals surface area contributed by atoms with Crippen molar-refractivity contribution in [2.45, 2.75) is 13.8 Å². The molecule has 1 amide bonds. The maximum atomic E-state index is 12.4. The van der Waals surface area contributed by atoms with E-state index < -0.39 is 24.5 Å². The number of nitrogens with one attached hydrogen (secondary N) is 1. The Morgan fingerprint density at radius 3 is 2.70 bits per heavy atom. The van der Waals surface area contributed by atoms with Crippen molar-refractivity contribution >= 4 is 40.3 Å². The number of aryl methyl sites for hydroxylation is 1. The molecule has 1 N–H and O–H groups in total. The van der Waals surface area contributed by atoms with Crippen LogP contribution in [0.3, 0.4) is 0 Å². The van der Waals surface area contributed by atoms with E-state index in [1.165, 1.54) is 12.3 Å². The van der Waals surface area contributed by atoms with Crippen LogP contribution in [-0.2, 0) is 19.1 Å². The molecule has 3 heterocycles. The first-order valence-electron chi connectivity index (χ1n) is 9.01. The molecule has 3 aromatic rings. The van der Waals surface area contributed by atoms with Gasteiger partial charge in [0, 0.05) is 17.0 Å². The summed E-state index contributed by atoms with van der Waals surface area (Å²) in [5.41, 5.74) is 0.692. The summed E-state index contributed by atoms with van der Waals surface area (Å²) >= 11 is 1.14. The minimum Gasteiger partial charge on any atom is -0.464 e. The van der Waals surface area contributed by atoms with Crippen LogP contribution in [0.4, 0.5) is 5.00 Å². The second-order valence-electron chi connectivity index (χ2n) is 5.99. The number of rotatable bonds is 8. The third-order valence-corrected chi connectivity index (χ3v) is 4.70. The van der Waals surface area contributed by atoms with E-state index >= 15 is 0 Å². The van der Waals surface area contributed by atoms with Crippen LogP contribution in [0.1, 0.15) is 28.8 Å². The summed E-state index contributed by atoms with van der Waals surface area (Å²) in [6.07, 6.45) is 4.09. The van der Waals surface area contributed by atoms with E-state index in [0.29, 0.717) is 22.8 Å². The lowest BCUT2D eigenvalue weighted by Gasteiger charge is -2.08. The maximum absolute atomic E-state index is 12.4. The normalized spacial score (nSPS) is 10.9. The fourth-order valence-corrected chi connectivity index (χ4v) is 3.46. The Bertz CT molecular complexity index is 1060. The molecule has 0 radical (unpaired) electrons. The number of amides is 1. The molecular formula is C21H19NO7S. The maximum Gasteiger partial charge on any atom is 0.341 e. The Kier molecular flexibility index (Phi) is 6.87. The highest BCUT2D eigenvalue weighted by atomic mass is 32.1. The Hall–Kier alpha value is -3.59. The molecule has 9 heteroatoms. The number of esters is 2. The molecule has 156 valence electrons. The lowest BCUT2D eigenvalue weighted by Crippen LogP contribution is -2.21. The molecule has 3 aromatic heterocycles. The average molecular weight is 429 g/mol. The standard InChI is InChI=1S/C21H19NO7S/c1-3-26-21(25)19-15(16-5-4-10-27-16)12-30-20(19)22-17(23)11-28-18(24)9-8-14-7-6-13(2)29-14/h4-10,12H,3,11H2,1-2H3,(H,22,23)/b9-8+. The van der Waals surface area contributed by atoms with Crippen LogP contribution in [0, 0.1) is 6.92 Å². The van der Waals surface area contributed by atoms with Gasteiger partial charge < -0.3 is 23.6 Å². The molecule has 0 fully saturated rings. The van der Waals surface area contributed by atoms with Crippen LogP contribution in [-0.4, -0.2) is 31.1 Å². The van der Waals surface area contributed by atoms with E-state index in [2.05, 4.69) is 5.32 Å². The molecule has 30 heavy (non-hydrogen) atoms. The Morgan fingerprint density at radius 2 is 2.03 bits per heavy atom. The van der Waals surface area contributed by atoms with Gasteiger partial charge in [-0.25, -0.2) is 9.59 Å². The van der Waals surface area contributed by atoms with Crippen molar-refractivity contribution < 1.29 is 32.7 Å². The zero-order chi connectivity index (χ0) is 21.5. The van der Waals surface area contributed by atoms with E-state index in [1.807, 2.05) is 0 Å². The van der Waals surface area contributed by atoms with E-state index in [0.717, 1.165) is 17.4 Å². The summed E-state index contributed by atoms with van der Waals surface area (Å²) in [6, 6.07) is 6.86. The van der Waals surface area contributed by atoms with Gasteiger partial charge in [0.1, 0.15) is 27.8 Å². The molecule has 0 atom stereocenters. The number of anilines is 1. The first-order valence-corrected chi connectivity index (χ1v) is 9.89. The number of carbonyl (C=O) groups is 3. The van der Waals surface area contributed by atoms with Crippen molar-refractivity contribution in [1.82, 2.24) is 0 Å². The van der Waals surface area contributed by atoms with Crippen molar-refractivity contribution in [3.05, 3.63) is 59.1 Å². The van der Waals surface area contributed by atoms with Gasteiger partial charge in [-0.1, -0.05) is 0 Å². The number of ether oxygens (including phenoxy) is 2. The highest BCUT2D eigenvalue weighted by Crippen LogP contribution is 2.36. The molecule has 0 saturated heterocycles. The Morgan fingerprint density at radius 1 is 1.20 bits per heavy atom. The highest BCUT2D eigenvalue weighted by Gasteiger charge is 2.24. The van der Waals surface area contributed by atoms with Gasteiger partial charge in [-0.15, -0.1) is 11.3 Å². The molecule has 0 aromatic carbocycles. The third kappa shape index (κ3) is 5.26. The van der Waals surface area contributed by atoms with Crippen LogP contribution < -0.4 is 5.32 Å². The molecule has 0 aliphatic carbocycles. The average Bonchev–Trinajstić information content (AvgIpc) is 3.45. The van der Waals surface area contributed by atoms with E-state index in [4.69, 9.17) is 18.3 Å². The van der Waals surface area contributed by atoms with Crippen LogP contribution in [0.25, 0.3) is 17.4 Å². The number of hydrogen-bond acceptors (Lipinski definition) is 8. The highest BCUT2D eigenvalue weighted by molar-refractivity contribution is 7.15. The van der Waals surface area contributed by atoms with Crippen LogP contribution >= 0.6 is 11.3 Å². The third-order valence-electron chi connectivity index (χ3n) is 3.80. The van der Waals surface area contributed by atoms with Crippen molar-refractivity contribution in [3.63, 3.8) is 0 Å². The van der Waals surface area contributed by atoms with Crippen molar-refractivity contribution in [3.8, 4) is 11.3 Å². The molecule has 0 spiro atoms. The minimum absolute atomic E-state index is 0.179. The molecule has 8 nitrogen and oxygen atoms in total.